The molecule has 1 aliphatic rings. The largest absolute Gasteiger partial charge is 0.386 e. The van der Waals surface area contributed by atoms with E-state index >= 15 is 0 Å². The van der Waals surface area contributed by atoms with Crippen molar-refractivity contribution < 1.29 is 4.74 Å². The monoisotopic (exact) mass is 198 g/mol. The van der Waals surface area contributed by atoms with Gasteiger partial charge in [0.25, 0.3) is 0 Å². The molecule has 3 nitrogen and oxygen atoms in total. The zero-order valence-corrected chi connectivity index (χ0v) is 9.60. The molecule has 1 saturated heterocycles. The molecule has 82 valence electrons. The highest BCUT2D eigenvalue weighted by molar-refractivity contribution is 4.97. The van der Waals surface area contributed by atoms with Gasteiger partial charge in [-0.1, -0.05) is 6.58 Å². The Morgan fingerprint density at radius 2 is 2.21 bits per heavy atom. The molecule has 1 N–H and O–H groups in total. The Morgan fingerprint density at radius 1 is 1.50 bits per heavy atom. The highest BCUT2D eigenvalue weighted by atomic mass is 16.5. The van der Waals surface area contributed by atoms with Gasteiger partial charge in [-0.25, -0.2) is 0 Å². The van der Waals surface area contributed by atoms with Gasteiger partial charge in [0.15, 0.2) is 0 Å². The zero-order chi connectivity index (χ0) is 10.6. The van der Waals surface area contributed by atoms with Crippen LogP contribution in [0.3, 0.4) is 0 Å². The third-order valence-corrected chi connectivity index (χ3v) is 2.16. The summed E-state index contributed by atoms with van der Waals surface area (Å²) < 4.78 is 5.68. The molecule has 0 amide bonds. The standard InChI is InChI=1S/C11H22N2O/c1-10-9-13(6-5-12-10)7-8-14-11(2,3)4/h12H,1,5-9H2,2-4H3. The van der Waals surface area contributed by atoms with Gasteiger partial charge in [-0.3, -0.25) is 4.90 Å². The van der Waals surface area contributed by atoms with Gasteiger partial charge >= 0.3 is 0 Å². The summed E-state index contributed by atoms with van der Waals surface area (Å²) in [6, 6.07) is 0. The van der Waals surface area contributed by atoms with Crippen molar-refractivity contribution in [1.29, 1.82) is 0 Å². The molecule has 1 rings (SSSR count). The molecule has 0 aromatic rings. The summed E-state index contributed by atoms with van der Waals surface area (Å²) in [5, 5.41) is 3.24. The van der Waals surface area contributed by atoms with Crippen molar-refractivity contribution in [2.75, 3.05) is 32.8 Å². The highest BCUT2D eigenvalue weighted by Crippen LogP contribution is 2.07. The quantitative estimate of drug-likeness (QED) is 0.738. The van der Waals surface area contributed by atoms with Crippen LogP contribution in [0.2, 0.25) is 0 Å². The van der Waals surface area contributed by atoms with E-state index in [0.29, 0.717) is 0 Å². The second-order valence-corrected chi connectivity index (χ2v) is 4.77. The zero-order valence-electron chi connectivity index (χ0n) is 9.60. The molecule has 0 atom stereocenters. The maximum Gasteiger partial charge on any atom is 0.0600 e. The molecule has 1 heterocycles. The van der Waals surface area contributed by atoms with E-state index < -0.39 is 0 Å². The van der Waals surface area contributed by atoms with Crippen LogP contribution in [0, 0.1) is 0 Å². The van der Waals surface area contributed by atoms with Crippen LogP contribution in [0.1, 0.15) is 20.8 Å². The molecule has 0 aliphatic carbocycles. The summed E-state index contributed by atoms with van der Waals surface area (Å²) >= 11 is 0. The predicted octanol–water partition coefficient (Wildman–Crippen LogP) is 1.22. The summed E-state index contributed by atoms with van der Waals surface area (Å²) in [6.45, 7) is 15.0. The van der Waals surface area contributed by atoms with E-state index in [-0.39, 0.29) is 5.60 Å². The average molecular weight is 198 g/mol. The molecular weight excluding hydrogens is 176 g/mol. The van der Waals surface area contributed by atoms with Gasteiger partial charge < -0.3 is 10.1 Å². The lowest BCUT2D eigenvalue weighted by atomic mass is 10.2. The number of nitrogens with one attached hydrogen (secondary N) is 1. The Morgan fingerprint density at radius 3 is 2.79 bits per heavy atom. The summed E-state index contributed by atoms with van der Waals surface area (Å²) in [7, 11) is 0. The van der Waals surface area contributed by atoms with Crippen LogP contribution >= 0.6 is 0 Å². The van der Waals surface area contributed by atoms with Crippen molar-refractivity contribution in [3.8, 4) is 0 Å². The number of hydrogen-bond acceptors (Lipinski definition) is 3. The Balaban J connectivity index is 2.15. The van der Waals surface area contributed by atoms with Gasteiger partial charge in [-0.15, -0.1) is 0 Å². The molecule has 0 radical (unpaired) electrons. The van der Waals surface area contributed by atoms with E-state index in [4.69, 9.17) is 4.74 Å². The van der Waals surface area contributed by atoms with Gasteiger partial charge in [-0.2, -0.15) is 0 Å². The molecule has 0 aromatic heterocycles. The lowest BCUT2D eigenvalue weighted by Gasteiger charge is -2.30. The Bertz CT molecular complexity index is 196. The van der Waals surface area contributed by atoms with Crippen molar-refractivity contribution in [1.82, 2.24) is 10.2 Å². The molecule has 0 spiro atoms. The predicted molar refractivity (Wildman–Crippen MR) is 59.3 cm³/mol. The second-order valence-electron chi connectivity index (χ2n) is 4.77. The molecule has 14 heavy (non-hydrogen) atoms. The second kappa shape index (κ2) is 4.80. The van der Waals surface area contributed by atoms with E-state index in [1.54, 1.807) is 0 Å². The number of ether oxygens (including phenoxy) is 1. The first-order valence-electron chi connectivity index (χ1n) is 5.25. The van der Waals surface area contributed by atoms with Crippen molar-refractivity contribution in [3.05, 3.63) is 12.3 Å². The van der Waals surface area contributed by atoms with Crippen LogP contribution in [0.5, 0.6) is 0 Å². The fourth-order valence-electron chi connectivity index (χ4n) is 1.47. The summed E-state index contributed by atoms with van der Waals surface area (Å²) in [6.07, 6.45) is 0. The first-order valence-corrected chi connectivity index (χ1v) is 5.25. The molecule has 0 saturated carbocycles. The fourth-order valence-corrected chi connectivity index (χ4v) is 1.47. The molecule has 0 bridgehead atoms. The number of piperazine rings is 1. The van der Waals surface area contributed by atoms with Gasteiger partial charge in [0.05, 0.1) is 12.2 Å². The molecular formula is C11H22N2O. The lowest BCUT2D eigenvalue weighted by Crippen LogP contribution is -2.43. The molecule has 1 aliphatic heterocycles. The van der Waals surface area contributed by atoms with Gasteiger partial charge in [-0.05, 0) is 20.8 Å². The first-order chi connectivity index (χ1) is 6.47. The van der Waals surface area contributed by atoms with Gasteiger partial charge in [0.2, 0.25) is 0 Å². The average Bonchev–Trinajstić information content (AvgIpc) is 2.01. The number of rotatable bonds is 3. The number of hydrogen-bond donors (Lipinski definition) is 1. The van der Waals surface area contributed by atoms with E-state index in [1.807, 2.05) is 0 Å². The van der Waals surface area contributed by atoms with Crippen LogP contribution < -0.4 is 5.32 Å². The minimum absolute atomic E-state index is 0.0228. The van der Waals surface area contributed by atoms with Crippen LogP contribution in [0.25, 0.3) is 0 Å². The van der Waals surface area contributed by atoms with E-state index in [1.165, 1.54) is 0 Å². The number of nitrogens with zero attached hydrogens (tertiary/aromatic N) is 1. The minimum atomic E-state index is -0.0228. The Hall–Kier alpha value is -0.540. The van der Waals surface area contributed by atoms with Crippen LogP contribution in [0.4, 0.5) is 0 Å². The maximum absolute atomic E-state index is 5.68. The summed E-state index contributed by atoms with van der Waals surface area (Å²) in [5.74, 6) is 0. The van der Waals surface area contributed by atoms with Crippen molar-refractivity contribution in [2.45, 2.75) is 26.4 Å². The molecule has 0 unspecified atom stereocenters. The summed E-state index contributed by atoms with van der Waals surface area (Å²) in [5.41, 5.74) is 1.09. The topological polar surface area (TPSA) is 24.5 Å². The minimum Gasteiger partial charge on any atom is -0.386 e. The normalized spacial score (nSPS) is 19.5. The van der Waals surface area contributed by atoms with Crippen molar-refractivity contribution in [3.63, 3.8) is 0 Å². The third-order valence-electron chi connectivity index (χ3n) is 2.16. The smallest absolute Gasteiger partial charge is 0.0600 e. The molecule has 3 heteroatoms. The SMILES string of the molecule is C=C1CN(CCOC(C)(C)C)CCN1. The fraction of sp³-hybridized carbons (Fsp3) is 0.818. The van der Waals surface area contributed by atoms with E-state index in [9.17, 15) is 0 Å². The Labute approximate surface area is 87.1 Å². The lowest BCUT2D eigenvalue weighted by molar-refractivity contribution is -0.0130. The van der Waals surface area contributed by atoms with Gasteiger partial charge in [0.1, 0.15) is 0 Å². The van der Waals surface area contributed by atoms with Crippen LogP contribution in [-0.4, -0.2) is 43.3 Å². The van der Waals surface area contributed by atoms with Crippen LogP contribution in [-0.2, 0) is 4.74 Å². The van der Waals surface area contributed by atoms with E-state index in [0.717, 1.165) is 38.5 Å². The highest BCUT2D eigenvalue weighted by Gasteiger charge is 2.14. The first kappa shape index (κ1) is 11.5. The molecule has 0 aromatic carbocycles. The van der Waals surface area contributed by atoms with Crippen molar-refractivity contribution >= 4 is 0 Å². The Kier molecular flexibility index (Phi) is 3.96. The third kappa shape index (κ3) is 4.63. The molecule has 1 fully saturated rings. The van der Waals surface area contributed by atoms with Crippen molar-refractivity contribution in [2.24, 2.45) is 0 Å². The summed E-state index contributed by atoms with van der Waals surface area (Å²) in [4.78, 5) is 2.37. The van der Waals surface area contributed by atoms with Crippen LogP contribution in [0.15, 0.2) is 12.3 Å². The van der Waals surface area contributed by atoms with E-state index in [2.05, 4.69) is 37.6 Å². The van der Waals surface area contributed by atoms with Gasteiger partial charge in [0, 0.05) is 31.9 Å². The maximum atomic E-state index is 5.68.